The summed E-state index contributed by atoms with van der Waals surface area (Å²) >= 11 is 0. The first kappa shape index (κ1) is 19.2. The van der Waals surface area contributed by atoms with Crippen molar-refractivity contribution < 1.29 is 13.6 Å². The third kappa shape index (κ3) is 4.59. The van der Waals surface area contributed by atoms with Gasteiger partial charge in [-0.1, -0.05) is 6.07 Å². The first-order valence-corrected chi connectivity index (χ1v) is 8.68. The normalized spacial score (nSPS) is 10.4. The zero-order chi connectivity index (χ0) is 20.1. The van der Waals surface area contributed by atoms with Gasteiger partial charge in [0.1, 0.15) is 23.0 Å². The van der Waals surface area contributed by atoms with Gasteiger partial charge in [-0.25, -0.2) is 13.8 Å². The summed E-state index contributed by atoms with van der Waals surface area (Å²) in [6.45, 7) is 4.59. The standard InChI is InChI=1S/C20H19F2N5O/c1-3-23-17-11-12(2)24-20(27-17)26-14-9-7-13(8-10-14)25-19(28)18-15(21)5-4-6-16(18)22/h4-11H,3H2,1-2H3,(H,25,28)(H2,23,24,26,27). The molecule has 0 unspecified atom stereocenters. The highest BCUT2D eigenvalue weighted by Crippen LogP contribution is 2.20. The third-order valence-electron chi connectivity index (χ3n) is 3.80. The fraction of sp³-hybridized carbons (Fsp3) is 0.150. The maximum atomic E-state index is 13.7. The van der Waals surface area contributed by atoms with Gasteiger partial charge in [0.15, 0.2) is 0 Å². The Bertz CT molecular complexity index is 972. The first-order valence-electron chi connectivity index (χ1n) is 8.68. The quantitative estimate of drug-likeness (QED) is 0.584. The van der Waals surface area contributed by atoms with E-state index in [0.717, 1.165) is 24.4 Å². The van der Waals surface area contributed by atoms with Crippen LogP contribution in [0.2, 0.25) is 0 Å². The fourth-order valence-corrected chi connectivity index (χ4v) is 2.57. The second kappa shape index (κ2) is 8.43. The molecule has 0 aliphatic carbocycles. The van der Waals surface area contributed by atoms with Crippen molar-refractivity contribution in [3.05, 3.63) is 71.4 Å². The van der Waals surface area contributed by atoms with Gasteiger partial charge >= 0.3 is 0 Å². The number of amides is 1. The molecule has 0 spiro atoms. The van der Waals surface area contributed by atoms with Crippen LogP contribution in [0.3, 0.4) is 0 Å². The number of hydrogen-bond donors (Lipinski definition) is 3. The van der Waals surface area contributed by atoms with E-state index in [0.29, 0.717) is 23.1 Å². The summed E-state index contributed by atoms with van der Waals surface area (Å²) in [6, 6.07) is 11.7. The van der Waals surface area contributed by atoms with Gasteiger partial charge < -0.3 is 16.0 Å². The summed E-state index contributed by atoms with van der Waals surface area (Å²) in [7, 11) is 0. The Balaban J connectivity index is 1.71. The molecule has 1 amide bonds. The van der Waals surface area contributed by atoms with E-state index in [1.54, 1.807) is 24.3 Å². The van der Waals surface area contributed by atoms with Gasteiger partial charge in [0.25, 0.3) is 5.91 Å². The molecule has 0 aliphatic rings. The molecule has 0 saturated heterocycles. The summed E-state index contributed by atoms with van der Waals surface area (Å²) < 4.78 is 27.4. The van der Waals surface area contributed by atoms with E-state index >= 15 is 0 Å². The van der Waals surface area contributed by atoms with E-state index < -0.39 is 23.1 Å². The number of rotatable bonds is 6. The number of aromatic nitrogens is 2. The minimum atomic E-state index is -0.913. The minimum Gasteiger partial charge on any atom is -0.370 e. The molecule has 0 atom stereocenters. The molecule has 28 heavy (non-hydrogen) atoms. The molecule has 144 valence electrons. The van der Waals surface area contributed by atoms with Gasteiger partial charge in [-0.2, -0.15) is 4.98 Å². The van der Waals surface area contributed by atoms with E-state index in [1.807, 2.05) is 19.9 Å². The van der Waals surface area contributed by atoms with Crippen molar-refractivity contribution in [2.24, 2.45) is 0 Å². The molecule has 8 heteroatoms. The van der Waals surface area contributed by atoms with E-state index in [1.165, 1.54) is 6.07 Å². The maximum Gasteiger partial charge on any atom is 0.261 e. The van der Waals surface area contributed by atoms with Gasteiger partial charge in [-0.3, -0.25) is 4.79 Å². The number of nitrogens with zero attached hydrogens (tertiary/aromatic N) is 2. The monoisotopic (exact) mass is 383 g/mol. The van der Waals surface area contributed by atoms with Crippen LogP contribution in [-0.4, -0.2) is 22.4 Å². The number of benzene rings is 2. The van der Waals surface area contributed by atoms with Crippen molar-refractivity contribution in [2.45, 2.75) is 13.8 Å². The summed E-state index contributed by atoms with van der Waals surface area (Å²) in [5.41, 5.74) is 1.29. The molecule has 0 aliphatic heterocycles. The van der Waals surface area contributed by atoms with Gasteiger partial charge in [0, 0.05) is 29.7 Å². The van der Waals surface area contributed by atoms with Crippen molar-refractivity contribution >= 4 is 29.0 Å². The van der Waals surface area contributed by atoms with E-state index in [9.17, 15) is 13.6 Å². The molecule has 3 rings (SSSR count). The van der Waals surface area contributed by atoms with Crippen molar-refractivity contribution in [1.82, 2.24) is 9.97 Å². The van der Waals surface area contributed by atoms with Crippen molar-refractivity contribution in [3.8, 4) is 0 Å². The Hall–Kier alpha value is -3.55. The lowest BCUT2D eigenvalue weighted by Crippen LogP contribution is -2.15. The molecule has 0 saturated carbocycles. The van der Waals surface area contributed by atoms with Gasteiger partial charge in [0.05, 0.1) is 0 Å². The van der Waals surface area contributed by atoms with Crippen LogP contribution in [0.4, 0.5) is 31.9 Å². The lowest BCUT2D eigenvalue weighted by molar-refractivity contribution is 0.101. The number of nitrogens with one attached hydrogen (secondary N) is 3. The van der Waals surface area contributed by atoms with E-state index in [2.05, 4.69) is 25.9 Å². The molecule has 0 fully saturated rings. The Labute approximate surface area is 161 Å². The van der Waals surface area contributed by atoms with Crippen LogP contribution in [0, 0.1) is 18.6 Å². The van der Waals surface area contributed by atoms with Crippen molar-refractivity contribution in [3.63, 3.8) is 0 Å². The zero-order valence-corrected chi connectivity index (χ0v) is 15.4. The van der Waals surface area contributed by atoms with Crippen LogP contribution in [-0.2, 0) is 0 Å². The predicted octanol–water partition coefficient (Wildman–Crippen LogP) is 4.49. The van der Waals surface area contributed by atoms with Gasteiger partial charge in [-0.05, 0) is 50.2 Å². The molecule has 6 nitrogen and oxygen atoms in total. The van der Waals surface area contributed by atoms with Gasteiger partial charge in [0.2, 0.25) is 5.95 Å². The van der Waals surface area contributed by atoms with Crippen LogP contribution >= 0.6 is 0 Å². The smallest absolute Gasteiger partial charge is 0.261 e. The molecule has 3 N–H and O–H groups in total. The lowest BCUT2D eigenvalue weighted by atomic mass is 10.1. The minimum absolute atomic E-state index is 0.400. The lowest BCUT2D eigenvalue weighted by Gasteiger charge is -2.10. The molecule has 0 radical (unpaired) electrons. The second-order valence-electron chi connectivity index (χ2n) is 6.00. The fourth-order valence-electron chi connectivity index (χ4n) is 2.57. The van der Waals surface area contributed by atoms with Gasteiger partial charge in [-0.15, -0.1) is 0 Å². The summed E-state index contributed by atoms with van der Waals surface area (Å²) in [6.07, 6.45) is 0. The molecule has 2 aromatic carbocycles. The topological polar surface area (TPSA) is 78.9 Å². The maximum absolute atomic E-state index is 13.7. The third-order valence-corrected chi connectivity index (χ3v) is 3.80. The van der Waals surface area contributed by atoms with E-state index in [4.69, 9.17) is 0 Å². The highest BCUT2D eigenvalue weighted by molar-refractivity contribution is 6.04. The molecular weight excluding hydrogens is 364 g/mol. The number of hydrogen-bond acceptors (Lipinski definition) is 5. The first-order chi connectivity index (χ1) is 13.5. The average Bonchev–Trinajstić information content (AvgIpc) is 2.63. The van der Waals surface area contributed by atoms with Crippen molar-refractivity contribution in [1.29, 1.82) is 0 Å². The molecule has 3 aromatic rings. The average molecular weight is 383 g/mol. The number of anilines is 4. The highest BCUT2D eigenvalue weighted by atomic mass is 19.1. The number of carbonyl (C=O) groups excluding carboxylic acids is 1. The van der Waals surface area contributed by atoms with Crippen LogP contribution in [0.25, 0.3) is 0 Å². The van der Waals surface area contributed by atoms with E-state index in [-0.39, 0.29) is 0 Å². The Morgan fingerprint density at radius 2 is 1.64 bits per heavy atom. The second-order valence-corrected chi connectivity index (χ2v) is 6.00. The Morgan fingerprint density at radius 1 is 1.00 bits per heavy atom. The zero-order valence-electron chi connectivity index (χ0n) is 15.4. The number of halogens is 2. The SMILES string of the molecule is CCNc1cc(C)nc(Nc2ccc(NC(=O)c3c(F)cccc3F)cc2)n1. The van der Waals surface area contributed by atoms with Crippen LogP contribution in [0.5, 0.6) is 0 Å². The summed E-state index contributed by atoms with van der Waals surface area (Å²) in [5.74, 6) is -1.53. The molecule has 1 aromatic heterocycles. The Morgan fingerprint density at radius 3 is 2.29 bits per heavy atom. The molecular formula is C20H19F2N5O. The Kier molecular flexibility index (Phi) is 5.78. The number of carbonyl (C=O) groups is 1. The molecule has 1 heterocycles. The van der Waals surface area contributed by atoms with Crippen LogP contribution in [0.15, 0.2) is 48.5 Å². The summed E-state index contributed by atoms with van der Waals surface area (Å²) in [5, 5.41) is 8.69. The predicted molar refractivity (Wildman–Crippen MR) is 105 cm³/mol. The van der Waals surface area contributed by atoms with Crippen LogP contribution in [0.1, 0.15) is 23.0 Å². The van der Waals surface area contributed by atoms with Crippen molar-refractivity contribution in [2.75, 3.05) is 22.5 Å². The summed E-state index contributed by atoms with van der Waals surface area (Å²) in [4.78, 5) is 20.8. The molecule has 0 bridgehead atoms. The number of aryl methyl sites for hydroxylation is 1. The van der Waals surface area contributed by atoms with Crippen LogP contribution < -0.4 is 16.0 Å². The largest absolute Gasteiger partial charge is 0.370 e. The highest BCUT2D eigenvalue weighted by Gasteiger charge is 2.17.